The van der Waals surface area contributed by atoms with E-state index >= 15 is 0 Å². The molecule has 0 spiro atoms. The van der Waals surface area contributed by atoms with E-state index in [0.29, 0.717) is 0 Å². The standard InChI is InChI=1S/C44H27NO3S/c46-49(47,32-15-5-2-6-16-32)33-21-23-40-38(27-33)37-26-30(19-22-39(37)45(40)31-13-3-1-4-14-31)36-25-29-12-8-10-18-35(29)43-42-34-17-9-7-11-28(34)20-24-41(42)48-44(36)43/h1-27H. The lowest BCUT2D eigenvalue weighted by Gasteiger charge is -2.10. The minimum atomic E-state index is -3.73. The summed E-state index contributed by atoms with van der Waals surface area (Å²) in [5.74, 6) is 0. The molecule has 49 heavy (non-hydrogen) atoms. The molecule has 0 N–H and O–H groups in total. The number of aromatic nitrogens is 1. The third kappa shape index (κ3) is 4.13. The number of sulfone groups is 1. The van der Waals surface area contributed by atoms with Crippen molar-refractivity contribution in [3.8, 4) is 16.8 Å². The van der Waals surface area contributed by atoms with Gasteiger partial charge in [0.25, 0.3) is 0 Å². The van der Waals surface area contributed by atoms with Crippen LogP contribution >= 0.6 is 0 Å². The first-order valence-electron chi connectivity index (χ1n) is 16.3. The third-order valence-electron chi connectivity index (χ3n) is 9.78. The molecule has 10 aromatic rings. The van der Waals surface area contributed by atoms with Crippen molar-refractivity contribution in [3.63, 3.8) is 0 Å². The lowest BCUT2D eigenvalue weighted by molar-refractivity contribution is 0.596. The van der Waals surface area contributed by atoms with Crippen LogP contribution in [0.3, 0.4) is 0 Å². The summed E-state index contributed by atoms with van der Waals surface area (Å²) in [6.07, 6.45) is 0. The Bertz CT molecular complexity index is 3050. The third-order valence-corrected chi connectivity index (χ3v) is 11.5. The van der Waals surface area contributed by atoms with Gasteiger partial charge in [0.2, 0.25) is 9.84 Å². The van der Waals surface area contributed by atoms with E-state index in [2.05, 4.69) is 102 Å². The van der Waals surface area contributed by atoms with Crippen molar-refractivity contribution in [1.82, 2.24) is 4.57 Å². The highest BCUT2D eigenvalue weighted by atomic mass is 32.2. The molecule has 4 nitrogen and oxygen atoms in total. The minimum absolute atomic E-state index is 0.265. The summed E-state index contributed by atoms with van der Waals surface area (Å²) < 4.78 is 36.6. The first-order valence-corrected chi connectivity index (χ1v) is 17.7. The van der Waals surface area contributed by atoms with E-state index in [1.54, 1.807) is 30.3 Å². The summed E-state index contributed by atoms with van der Waals surface area (Å²) in [6.45, 7) is 0. The summed E-state index contributed by atoms with van der Waals surface area (Å²) in [7, 11) is -3.73. The number of hydrogen-bond donors (Lipinski definition) is 0. The summed E-state index contributed by atoms with van der Waals surface area (Å²) in [5, 5.41) is 8.65. The molecular weight excluding hydrogens is 623 g/mol. The lowest BCUT2D eigenvalue weighted by atomic mass is 9.94. The topological polar surface area (TPSA) is 52.2 Å². The number of para-hydroxylation sites is 1. The van der Waals surface area contributed by atoms with Gasteiger partial charge in [-0.1, -0.05) is 97.1 Å². The van der Waals surface area contributed by atoms with Crippen molar-refractivity contribution in [2.45, 2.75) is 9.79 Å². The fourth-order valence-corrected chi connectivity index (χ4v) is 8.84. The smallest absolute Gasteiger partial charge is 0.206 e. The Hall–Kier alpha value is -6.17. The van der Waals surface area contributed by atoms with Crippen molar-refractivity contribution in [2.24, 2.45) is 0 Å². The van der Waals surface area contributed by atoms with Gasteiger partial charge in [0.05, 0.1) is 20.8 Å². The number of rotatable bonds is 4. The first-order chi connectivity index (χ1) is 24.1. The molecule has 0 saturated heterocycles. The number of furan rings is 1. The Morgan fingerprint density at radius 1 is 0.469 bits per heavy atom. The lowest BCUT2D eigenvalue weighted by Crippen LogP contribution is -2.01. The summed E-state index contributed by atoms with van der Waals surface area (Å²) in [4.78, 5) is 0.541. The van der Waals surface area contributed by atoms with Gasteiger partial charge in [-0.05, 0) is 93.8 Å². The number of nitrogens with zero attached hydrogens (tertiary/aromatic N) is 1. The van der Waals surface area contributed by atoms with E-state index in [4.69, 9.17) is 4.42 Å². The van der Waals surface area contributed by atoms with Crippen LogP contribution in [0.5, 0.6) is 0 Å². The second kappa shape index (κ2) is 10.4. The van der Waals surface area contributed by atoms with Gasteiger partial charge < -0.3 is 8.98 Å². The highest BCUT2D eigenvalue weighted by Gasteiger charge is 2.22. The maximum atomic E-state index is 13.8. The SMILES string of the molecule is O=S(=O)(c1ccccc1)c1ccc2c(c1)c1cc(-c3cc4ccccc4c4c3oc3ccc5ccccc5c34)ccc1n2-c1ccccc1. The van der Waals surface area contributed by atoms with Crippen molar-refractivity contribution in [1.29, 1.82) is 0 Å². The predicted octanol–water partition coefficient (Wildman–Crippen LogP) is 11.5. The maximum Gasteiger partial charge on any atom is 0.206 e. The van der Waals surface area contributed by atoms with Crippen molar-refractivity contribution >= 4 is 75.1 Å². The molecule has 8 aromatic carbocycles. The number of benzene rings is 8. The van der Waals surface area contributed by atoms with Crippen LogP contribution in [0, 0.1) is 0 Å². The molecule has 0 radical (unpaired) electrons. The van der Waals surface area contributed by atoms with E-state index in [0.717, 1.165) is 76.7 Å². The molecule has 0 fully saturated rings. The molecule has 232 valence electrons. The van der Waals surface area contributed by atoms with E-state index in [1.807, 2.05) is 36.4 Å². The summed E-state index contributed by atoms with van der Waals surface area (Å²) >= 11 is 0. The Balaban J connectivity index is 1.29. The van der Waals surface area contributed by atoms with Crippen LogP contribution < -0.4 is 0 Å². The molecule has 0 aliphatic carbocycles. The molecular formula is C44H27NO3S. The predicted molar refractivity (Wildman–Crippen MR) is 200 cm³/mol. The van der Waals surface area contributed by atoms with Crippen molar-refractivity contribution in [3.05, 3.63) is 164 Å². The quantitative estimate of drug-likeness (QED) is 0.191. The fraction of sp³-hybridized carbons (Fsp3) is 0. The van der Waals surface area contributed by atoms with Crippen LogP contribution in [0.1, 0.15) is 0 Å². The normalized spacial score (nSPS) is 12.2. The second-order valence-corrected chi connectivity index (χ2v) is 14.5. The molecule has 0 saturated carbocycles. The van der Waals surface area contributed by atoms with Gasteiger partial charge in [0.15, 0.2) is 0 Å². The zero-order valence-electron chi connectivity index (χ0n) is 26.2. The van der Waals surface area contributed by atoms with Crippen LogP contribution in [0.4, 0.5) is 0 Å². The molecule has 0 atom stereocenters. The average molecular weight is 650 g/mol. The molecule has 0 aliphatic rings. The minimum Gasteiger partial charge on any atom is -0.455 e. The van der Waals surface area contributed by atoms with Gasteiger partial charge >= 0.3 is 0 Å². The van der Waals surface area contributed by atoms with E-state index in [1.165, 1.54) is 5.39 Å². The van der Waals surface area contributed by atoms with Gasteiger partial charge in [0.1, 0.15) is 11.2 Å². The number of fused-ring (bicyclic) bond motifs is 10. The Morgan fingerprint density at radius 2 is 1.10 bits per heavy atom. The largest absolute Gasteiger partial charge is 0.455 e. The second-order valence-electron chi connectivity index (χ2n) is 12.5. The highest BCUT2D eigenvalue weighted by molar-refractivity contribution is 7.91. The molecule has 0 amide bonds. The highest BCUT2D eigenvalue weighted by Crippen LogP contribution is 2.45. The maximum absolute atomic E-state index is 13.8. The van der Waals surface area contributed by atoms with Crippen LogP contribution in [-0.4, -0.2) is 13.0 Å². The first kappa shape index (κ1) is 27.9. The van der Waals surface area contributed by atoms with Crippen molar-refractivity contribution < 1.29 is 12.8 Å². The van der Waals surface area contributed by atoms with E-state index in [-0.39, 0.29) is 9.79 Å². The fourth-order valence-electron chi connectivity index (χ4n) is 7.53. The molecule has 0 unspecified atom stereocenters. The van der Waals surface area contributed by atoms with Gasteiger partial charge in [-0.3, -0.25) is 0 Å². The molecule has 0 aliphatic heterocycles. The molecule has 0 bridgehead atoms. The zero-order chi connectivity index (χ0) is 32.7. The van der Waals surface area contributed by atoms with Crippen molar-refractivity contribution in [2.75, 3.05) is 0 Å². The van der Waals surface area contributed by atoms with Crippen LogP contribution in [0.2, 0.25) is 0 Å². The molecule has 2 aromatic heterocycles. The summed E-state index contributed by atoms with van der Waals surface area (Å²) in [5.41, 5.74) is 6.61. The molecule has 10 rings (SSSR count). The van der Waals surface area contributed by atoms with Gasteiger partial charge in [-0.2, -0.15) is 0 Å². The van der Waals surface area contributed by atoms with Crippen LogP contribution in [-0.2, 0) is 9.84 Å². The van der Waals surface area contributed by atoms with Gasteiger partial charge in [-0.25, -0.2) is 8.42 Å². The van der Waals surface area contributed by atoms with Gasteiger partial charge in [-0.15, -0.1) is 0 Å². The van der Waals surface area contributed by atoms with E-state index in [9.17, 15) is 8.42 Å². The molecule has 2 heterocycles. The Kier molecular flexibility index (Phi) is 5.93. The van der Waals surface area contributed by atoms with Gasteiger partial charge in [0, 0.05) is 32.8 Å². The van der Waals surface area contributed by atoms with Crippen LogP contribution in [0.15, 0.2) is 178 Å². The Labute approximate surface area is 282 Å². The van der Waals surface area contributed by atoms with E-state index < -0.39 is 9.84 Å². The monoisotopic (exact) mass is 649 g/mol. The number of hydrogen-bond acceptors (Lipinski definition) is 3. The Morgan fingerprint density at radius 3 is 1.88 bits per heavy atom. The summed E-state index contributed by atoms with van der Waals surface area (Å²) in [6, 6.07) is 54.1. The zero-order valence-corrected chi connectivity index (χ0v) is 27.0. The average Bonchev–Trinajstić information content (AvgIpc) is 3.71. The van der Waals surface area contributed by atoms with Crippen LogP contribution in [0.25, 0.3) is 82.1 Å². The molecule has 5 heteroatoms.